The Bertz CT molecular complexity index is 787. The van der Waals surface area contributed by atoms with Gasteiger partial charge in [-0.3, -0.25) is 4.79 Å². The van der Waals surface area contributed by atoms with Crippen LogP contribution in [-0.2, 0) is 9.84 Å². The van der Waals surface area contributed by atoms with E-state index in [-0.39, 0.29) is 17.1 Å². The van der Waals surface area contributed by atoms with Crippen molar-refractivity contribution in [2.75, 3.05) is 0 Å². The third-order valence-corrected chi connectivity index (χ3v) is 5.62. The standard InChI is InChI=1S/C19H20O3S/c1-15(2)13-14-18(19(20)16-9-5-3-6-10-16)23(21,22)17-11-7-4-8-12-17/h3-13,18H,14H2,1-2H3. The van der Waals surface area contributed by atoms with Gasteiger partial charge in [0.05, 0.1) is 4.90 Å². The minimum Gasteiger partial charge on any atom is -0.293 e. The Morgan fingerprint density at radius 2 is 1.48 bits per heavy atom. The molecule has 120 valence electrons. The van der Waals surface area contributed by atoms with Crippen molar-refractivity contribution >= 4 is 15.6 Å². The quantitative estimate of drug-likeness (QED) is 0.593. The van der Waals surface area contributed by atoms with Gasteiger partial charge in [-0.1, -0.05) is 60.2 Å². The van der Waals surface area contributed by atoms with Crippen LogP contribution >= 0.6 is 0 Å². The Hall–Kier alpha value is -2.20. The molecule has 0 fully saturated rings. The Morgan fingerprint density at radius 3 is 2.00 bits per heavy atom. The minimum absolute atomic E-state index is 0.174. The number of hydrogen-bond acceptors (Lipinski definition) is 3. The molecule has 4 heteroatoms. The Kier molecular flexibility index (Phi) is 5.50. The van der Waals surface area contributed by atoms with Gasteiger partial charge < -0.3 is 0 Å². The number of benzene rings is 2. The van der Waals surface area contributed by atoms with Crippen LogP contribution in [-0.4, -0.2) is 19.5 Å². The molecule has 0 radical (unpaired) electrons. The molecule has 23 heavy (non-hydrogen) atoms. The van der Waals surface area contributed by atoms with Gasteiger partial charge in [0.25, 0.3) is 0 Å². The Labute approximate surface area is 137 Å². The van der Waals surface area contributed by atoms with E-state index in [2.05, 4.69) is 0 Å². The second-order valence-corrected chi connectivity index (χ2v) is 7.72. The van der Waals surface area contributed by atoms with Gasteiger partial charge in [-0.2, -0.15) is 0 Å². The van der Waals surface area contributed by atoms with Crippen molar-refractivity contribution in [2.24, 2.45) is 0 Å². The summed E-state index contributed by atoms with van der Waals surface area (Å²) in [7, 11) is -3.74. The highest BCUT2D eigenvalue weighted by Crippen LogP contribution is 2.22. The van der Waals surface area contributed by atoms with Crippen molar-refractivity contribution < 1.29 is 13.2 Å². The van der Waals surface area contributed by atoms with Crippen molar-refractivity contribution in [3.8, 4) is 0 Å². The van der Waals surface area contributed by atoms with Crippen molar-refractivity contribution in [3.05, 3.63) is 77.9 Å². The zero-order chi connectivity index (χ0) is 16.9. The summed E-state index contributed by atoms with van der Waals surface area (Å²) in [5, 5.41) is -1.11. The van der Waals surface area contributed by atoms with Crippen molar-refractivity contribution in [2.45, 2.75) is 30.4 Å². The maximum absolute atomic E-state index is 12.9. The van der Waals surface area contributed by atoms with Gasteiger partial charge in [0.1, 0.15) is 5.25 Å². The smallest absolute Gasteiger partial charge is 0.189 e. The van der Waals surface area contributed by atoms with Crippen molar-refractivity contribution in [1.29, 1.82) is 0 Å². The third kappa shape index (κ3) is 4.17. The van der Waals surface area contributed by atoms with E-state index in [0.29, 0.717) is 5.56 Å². The highest BCUT2D eigenvalue weighted by molar-refractivity contribution is 7.92. The van der Waals surface area contributed by atoms with Crippen LogP contribution in [0.5, 0.6) is 0 Å². The summed E-state index contributed by atoms with van der Waals surface area (Å²) in [6.07, 6.45) is 1.97. The lowest BCUT2D eigenvalue weighted by Crippen LogP contribution is -2.30. The van der Waals surface area contributed by atoms with Crippen LogP contribution in [0.25, 0.3) is 0 Å². The van der Waals surface area contributed by atoms with Crippen LogP contribution in [0.1, 0.15) is 30.6 Å². The number of carbonyl (C=O) groups excluding carboxylic acids is 1. The van der Waals surface area contributed by atoms with Crippen molar-refractivity contribution in [1.82, 2.24) is 0 Å². The van der Waals surface area contributed by atoms with Crippen LogP contribution in [0.4, 0.5) is 0 Å². The molecule has 3 nitrogen and oxygen atoms in total. The molecule has 2 rings (SSSR count). The summed E-state index contributed by atoms with van der Waals surface area (Å²) in [5.74, 6) is -0.369. The zero-order valence-electron chi connectivity index (χ0n) is 13.3. The fraction of sp³-hybridized carbons (Fsp3) is 0.211. The Balaban J connectivity index is 2.46. The molecule has 0 amide bonds. The van der Waals surface area contributed by atoms with E-state index in [0.717, 1.165) is 5.57 Å². The first-order valence-electron chi connectivity index (χ1n) is 7.44. The van der Waals surface area contributed by atoms with Gasteiger partial charge in [-0.15, -0.1) is 0 Å². The summed E-state index contributed by atoms with van der Waals surface area (Å²) in [5.41, 5.74) is 1.40. The predicted molar refractivity (Wildman–Crippen MR) is 92.2 cm³/mol. The van der Waals surface area contributed by atoms with E-state index in [4.69, 9.17) is 0 Å². The molecule has 0 aromatic heterocycles. The van der Waals surface area contributed by atoms with Crippen LogP contribution in [0.2, 0.25) is 0 Å². The number of sulfone groups is 1. The molecule has 1 atom stereocenters. The monoisotopic (exact) mass is 328 g/mol. The first-order valence-corrected chi connectivity index (χ1v) is 8.99. The van der Waals surface area contributed by atoms with E-state index >= 15 is 0 Å². The first kappa shape index (κ1) is 17.2. The summed E-state index contributed by atoms with van der Waals surface area (Å²) < 4.78 is 25.8. The molecule has 0 spiro atoms. The van der Waals surface area contributed by atoms with Gasteiger partial charge >= 0.3 is 0 Å². The van der Waals surface area contributed by atoms with E-state index in [1.807, 2.05) is 13.8 Å². The number of allylic oxidation sites excluding steroid dienone is 2. The van der Waals surface area contributed by atoms with Crippen LogP contribution in [0.15, 0.2) is 77.2 Å². The minimum atomic E-state index is -3.74. The lowest BCUT2D eigenvalue weighted by Gasteiger charge is -2.16. The molecule has 2 aromatic rings. The summed E-state index contributed by atoms with van der Waals surface area (Å²) in [4.78, 5) is 12.9. The number of carbonyl (C=O) groups is 1. The molecule has 2 aromatic carbocycles. The molecule has 0 heterocycles. The van der Waals surface area contributed by atoms with E-state index in [9.17, 15) is 13.2 Å². The second-order valence-electron chi connectivity index (χ2n) is 5.59. The molecule has 1 unspecified atom stereocenters. The summed E-state index contributed by atoms with van der Waals surface area (Å²) in [6, 6.07) is 16.7. The summed E-state index contributed by atoms with van der Waals surface area (Å²) in [6.45, 7) is 3.78. The SMILES string of the molecule is CC(C)=CCC(C(=O)c1ccccc1)S(=O)(=O)c1ccccc1. The topological polar surface area (TPSA) is 51.2 Å². The molecular formula is C19H20O3S. The fourth-order valence-corrected chi connectivity index (χ4v) is 3.91. The molecule has 0 aliphatic heterocycles. The van der Waals surface area contributed by atoms with Gasteiger partial charge in [-0.05, 0) is 32.4 Å². The lowest BCUT2D eigenvalue weighted by atomic mass is 10.1. The number of Topliss-reactive ketones (excluding diaryl/α,β-unsaturated/α-hetero) is 1. The lowest BCUT2D eigenvalue weighted by molar-refractivity contribution is 0.0987. The van der Waals surface area contributed by atoms with Gasteiger partial charge in [0.15, 0.2) is 15.6 Å². The molecule has 0 aliphatic carbocycles. The molecule has 0 bridgehead atoms. The Morgan fingerprint density at radius 1 is 0.957 bits per heavy atom. The highest BCUT2D eigenvalue weighted by atomic mass is 32.2. The third-order valence-electron chi connectivity index (χ3n) is 3.54. The van der Waals surface area contributed by atoms with E-state index in [1.165, 1.54) is 12.1 Å². The van der Waals surface area contributed by atoms with Crippen LogP contribution in [0, 0.1) is 0 Å². The van der Waals surface area contributed by atoms with E-state index < -0.39 is 15.1 Å². The molecule has 0 aliphatic rings. The van der Waals surface area contributed by atoms with Gasteiger partial charge in [0, 0.05) is 5.56 Å². The van der Waals surface area contributed by atoms with Crippen molar-refractivity contribution in [3.63, 3.8) is 0 Å². The van der Waals surface area contributed by atoms with Gasteiger partial charge in [0.2, 0.25) is 0 Å². The first-order chi connectivity index (χ1) is 10.9. The normalized spacial score (nSPS) is 12.4. The number of ketones is 1. The molecular weight excluding hydrogens is 308 g/mol. The van der Waals surface area contributed by atoms with Gasteiger partial charge in [-0.25, -0.2) is 8.42 Å². The van der Waals surface area contributed by atoms with Crippen LogP contribution in [0.3, 0.4) is 0 Å². The summed E-state index contributed by atoms with van der Waals surface area (Å²) >= 11 is 0. The number of hydrogen-bond donors (Lipinski definition) is 0. The molecule has 0 saturated heterocycles. The predicted octanol–water partition coefficient (Wildman–Crippen LogP) is 4.07. The zero-order valence-corrected chi connectivity index (χ0v) is 14.1. The molecule has 0 saturated carbocycles. The largest absolute Gasteiger partial charge is 0.293 e. The maximum Gasteiger partial charge on any atom is 0.189 e. The maximum atomic E-state index is 12.9. The highest BCUT2D eigenvalue weighted by Gasteiger charge is 2.33. The van der Waals surface area contributed by atoms with Crippen LogP contribution < -0.4 is 0 Å². The average molecular weight is 328 g/mol. The molecule has 0 N–H and O–H groups in total. The average Bonchev–Trinajstić information content (AvgIpc) is 2.56. The second kappa shape index (κ2) is 7.38. The fourth-order valence-electron chi connectivity index (χ4n) is 2.28. The van der Waals surface area contributed by atoms with E-state index in [1.54, 1.807) is 54.6 Å². The number of rotatable bonds is 6.